The molecule has 3 heterocycles. The van der Waals surface area contributed by atoms with Crippen LogP contribution >= 0.6 is 0 Å². The second-order valence-electron chi connectivity index (χ2n) is 10.1. The summed E-state index contributed by atoms with van der Waals surface area (Å²) in [6, 6.07) is 7.61. The third-order valence-corrected chi connectivity index (χ3v) is 7.63. The fraction of sp³-hybridized carbons (Fsp3) is 0.517. The van der Waals surface area contributed by atoms with Gasteiger partial charge in [0.05, 0.1) is 24.4 Å². The maximum atomic E-state index is 11.3. The third kappa shape index (κ3) is 7.69. The first-order valence-corrected chi connectivity index (χ1v) is 13.3. The van der Waals surface area contributed by atoms with Gasteiger partial charge in [0, 0.05) is 43.1 Å². The van der Waals surface area contributed by atoms with Crippen molar-refractivity contribution in [3.63, 3.8) is 0 Å². The van der Waals surface area contributed by atoms with Crippen LogP contribution in [0, 0.1) is 11.8 Å². The number of carbonyl (C=O) groups is 1. The number of aryl methyl sites for hydroxylation is 1. The quantitative estimate of drug-likeness (QED) is 0.322. The van der Waals surface area contributed by atoms with Crippen molar-refractivity contribution < 1.29 is 19.7 Å². The number of nitrogens with zero attached hydrogens (tertiary/aromatic N) is 4. The molecule has 8 nitrogen and oxygen atoms in total. The molecule has 1 aliphatic heterocycles. The zero-order valence-electron chi connectivity index (χ0n) is 21.6. The van der Waals surface area contributed by atoms with Crippen LogP contribution in [0.5, 0.6) is 5.75 Å². The molecule has 0 radical (unpaired) electrons. The monoisotopic (exact) mass is 506 g/mol. The summed E-state index contributed by atoms with van der Waals surface area (Å²) in [7, 11) is 1.63. The lowest BCUT2D eigenvalue weighted by Gasteiger charge is -2.39. The summed E-state index contributed by atoms with van der Waals surface area (Å²) in [6.07, 6.45) is 12.9. The van der Waals surface area contributed by atoms with Gasteiger partial charge in [-0.3, -0.25) is 19.7 Å². The van der Waals surface area contributed by atoms with Crippen LogP contribution in [0.2, 0.25) is 0 Å². The van der Waals surface area contributed by atoms with E-state index in [0.29, 0.717) is 24.7 Å². The van der Waals surface area contributed by atoms with Gasteiger partial charge in [-0.15, -0.1) is 0 Å². The first-order valence-electron chi connectivity index (χ1n) is 13.3. The van der Waals surface area contributed by atoms with Crippen molar-refractivity contribution >= 4 is 16.9 Å². The minimum absolute atomic E-state index is 0.193. The fourth-order valence-electron chi connectivity index (χ4n) is 5.57. The van der Waals surface area contributed by atoms with E-state index >= 15 is 0 Å². The lowest BCUT2D eigenvalue weighted by atomic mass is 9.79. The number of aliphatic hydroxyl groups excluding tert-OH is 1. The number of aromatic nitrogens is 3. The van der Waals surface area contributed by atoms with Gasteiger partial charge in [0.2, 0.25) is 0 Å². The van der Waals surface area contributed by atoms with Crippen LogP contribution in [0.25, 0.3) is 10.9 Å². The molecular formula is C29H38N4O4. The zero-order chi connectivity index (χ0) is 26.0. The number of fused-ring (bicyclic) bond motifs is 1. The van der Waals surface area contributed by atoms with Crippen LogP contribution in [0.15, 0.2) is 49.1 Å². The molecule has 4 rings (SSSR count). The van der Waals surface area contributed by atoms with Crippen molar-refractivity contribution in [3.05, 3.63) is 60.3 Å². The van der Waals surface area contributed by atoms with Crippen LogP contribution in [-0.2, 0) is 11.2 Å². The molecule has 2 unspecified atom stereocenters. The molecular weight excluding hydrogens is 468 g/mol. The molecule has 1 aromatic carbocycles. The highest BCUT2D eigenvalue weighted by Gasteiger charge is 2.30. The standard InChI is InChI=1S/C29H38N4O4/c1-37-24-7-8-27-26(18-24)25(11-13-32-27)28(34)9-5-21-12-17-33(20-22(21)6-10-29(35)36)16-3-2-4-23-19-30-14-15-31-23/h7-8,11,13-15,18-19,21-22,28,34H,2-6,9-10,12,16-17,20H2,1H3,(H,35,36)/t21?,22?,28-/m0/s1. The van der Waals surface area contributed by atoms with Crippen molar-refractivity contribution in [2.24, 2.45) is 11.8 Å². The van der Waals surface area contributed by atoms with Crippen molar-refractivity contribution in [1.82, 2.24) is 19.9 Å². The van der Waals surface area contributed by atoms with Gasteiger partial charge >= 0.3 is 5.97 Å². The number of rotatable bonds is 13. The van der Waals surface area contributed by atoms with Gasteiger partial charge in [-0.05, 0) is 99.7 Å². The topological polar surface area (TPSA) is 109 Å². The molecule has 0 amide bonds. The minimum Gasteiger partial charge on any atom is -0.497 e. The average Bonchev–Trinajstić information content (AvgIpc) is 2.93. The number of hydrogen-bond acceptors (Lipinski definition) is 7. The second kappa shape index (κ2) is 13.4. The van der Waals surface area contributed by atoms with Gasteiger partial charge in [-0.25, -0.2) is 0 Å². The van der Waals surface area contributed by atoms with E-state index in [1.54, 1.807) is 25.7 Å². The predicted octanol–water partition coefficient (Wildman–Crippen LogP) is 4.67. The highest BCUT2D eigenvalue weighted by Crippen LogP contribution is 2.35. The molecule has 3 atom stereocenters. The van der Waals surface area contributed by atoms with Crippen molar-refractivity contribution in [2.75, 3.05) is 26.7 Å². The number of piperidine rings is 1. The summed E-state index contributed by atoms with van der Waals surface area (Å²) < 4.78 is 5.37. The number of aliphatic hydroxyl groups is 1. The first-order chi connectivity index (χ1) is 18.0. The van der Waals surface area contributed by atoms with Gasteiger partial charge in [0.15, 0.2) is 0 Å². The number of aliphatic carboxylic acids is 1. The predicted molar refractivity (Wildman–Crippen MR) is 142 cm³/mol. The van der Waals surface area contributed by atoms with Crippen LogP contribution < -0.4 is 4.74 Å². The highest BCUT2D eigenvalue weighted by molar-refractivity contribution is 5.83. The van der Waals surface area contributed by atoms with Gasteiger partial charge in [-0.2, -0.15) is 0 Å². The Kier molecular flexibility index (Phi) is 9.79. The maximum Gasteiger partial charge on any atom is 0.303 e. The van der Waals surface area contributed by atoms with Gasteiger partial charge in [0.1, 0.15) is 5.75 Å². The molecule has 1 saturated heterocycles. The Morgan fingerprint density at radius 3 is 2.81 bits per heavy atom. The Labute approximate surface area is 218 Å². The molecule has 3 aromatic rings. The molecule has 0 bridgehead atoms. The Morgan fingerprint density at radius 2 is 2.03 bits per heavy atom. The Morgan fingerprint density at radius 1 is 1.14 bits per heavy atom. The molecule has 8 heteroatoms. The van der Waals surface area contributed by atoms with E-state index < -0.39 is 12.1 Å². The number of pyridine rings is 1. The number of unbranched alkanes of at least 4 members (excludes halogenated alkanes) is 1. The van der Waals surface area contributed by atoms with Gasteiger partial charge < -0.3 is 19.8 Å². The highest BCUT2D eigenvalue weighted by atomic mass is 16.5. The summed E-state index contributed by atoms with van der Waals surface area (Å²) in [5, 5.41) is 21.3. The molecule has 2 aromatic heterocycles. The van der Waals surface area contributed by atoms with E-state index in [4.69, 9.17) is 4.74 Å². The number of carboxylic acid groups (broad SMARTS) is 1. The molecule has 2 N–H and O–H groups in total. The van der Waals surface area contributed by atoms with E-state index in [9.17, 15) is 15.0 Å². The minimum atomic E-state index is -0.739. The van der Waals surface area contributed by atoms with Crippen molar-refractivity contribution in [3.8, 4) is 5.75 Å². The van der Waals surface area contributed by atoms with Gasteiger partial charge in [0.25, 0.3) is 0 Å². The lowest BCUT2D eigenvalue weighted by molar-refractivity contribution is -0.137. The van der Waals surface area contributed by atoms with Crippen LogP contribution in [0.3, 0.4) is 0 Å². The number of methoxy groups -OCH3 is 1. The summed E-state index contributed by atoms with van der Waals surface area (Å²) in [6.45, 7) is 2.96. The lowest BCUT2D eigenvalue weighted by Crippen LogP contribution is -2.41. The maximum absolute atomic E-state index is 11.3. The van der Waals surface area contributed by atoms with Crippen molar-refractivity contribution in [2.45, 2.75) is 57.5 Å². The Hall–Kier alpha value is -3.10. The number of likely N-dealkylation sites (tertiary alicyclic amines) is 1. The molecule has 0 spiro atoms. The van der Waals surface area contributed by atoms with Gasteiger partial charge in [-0.1, -0.05) is 0 Å². The summed E-state index contributed by atoms with van der Waals surface area (Å²) in [5.41, 5.74) is 2.73. The summed E-state index contributed by atoms with van der Waals surface area (Å²) in [5.74, 6) is 0.739. The molecule has 0 aliphatic carbocycles. The van der Waals surface area contributed by atoms with E-state index in [1.807, 2.05) is 30.5 Å². The number of ether oxygens (including phenoxy) is 1. The van der Waals surface area contributed by atoms with E-state index in [-0.39, 0.29) is 6.42 Å². The van der Waals surface area contributed by atoms with E-state index in [1.165, 1.54) is 0 Å². The Bertz CT molecular complexity index is 1140. The summed E-state index contributed by atoms with van der Waals surface area (Å²) >= 11 is 0. The molecule has 198 valence electrons. The molecule has 1 aliphatic rings. The summed E-state index contributed by atoms with van der Waals surface area (Å²) in [4.78, 5) is 26.7. The number of benzene rings is 1. The van der Waals surface area contributed by atoms with Crippen LogP contribution in [-0.4, -0.2) is 62.8 Å². The fourth-order valence-corrected chi connectivity index (χ4v) is 5.57. The largest absolute Gasteiger partial charge is 0.497 e. The zero-order valence-corrected chi connectivity index (χ0v) is 21.6. The second-order valence-corrected chi connectivity index (χ2v) is 10.1. The van der Waals surface area contributed by atoms with Crippen molar-refractivity contribution in [1.29, 1.82) is 0 Å². The van der Waals surface area contributed by atoms with Crippen LogP contribution in [0.1, 0.15) is 62.3 Å². The smallest absolute Gasteiger partial charge is 0.303 e. The van der Waals surface area contributed by atoms with E-state index in [0.717, 1.165) is 79.6 Å². The number of hydrogen-bond donors (Lipinski definition) is 2. The average molecular weight is 507 g/mol. The Balaban J connectivity index is 1.32. The first kappa shape index (κ1) is 26.9. The molecule has 0 saturated carbocycles. The van der Waals surface area contributed by atoms with Crippen LogP contribution in [0.4, 0.5) is 0 Å². The third-order valence-electron chi connectivity index (χ3n) is 7.63. The number of carboxylic acids is 1. The normalized spacial score (nSPS) is 19.1. The molecule has 1 fully saturated rings. The SMILES string of the molecule is COc1ccc2nccc([C@@H](O)CCC3CCN(CCCCc4cnccn4)CC3CCC(=O)O)c2c1. The molecule has 37 heavy (non-hydrogen) atoms. The van der Waals surface area contributed by atoms with E-state index in [2.05, 4.69) is 19.9 Å².